The minimum atomic E-state index is -0.140. The molecule has 7 heteroatoms. The van der Waals surface area contributed by atoms with Gasteiger partial charge in [-0.25, -0.2) is 4.98 Å². The quantitative estimate of drug-likeness (QED) is 0.743. The molecular formula is C20H23N5OS. The Morgan fingerprint density at radius 2 is 1.96 bits per heavy atom. The molecule has 1 atom stereocenters. The van der Waals surface area contributed by atoms with Crippen LogP contribution in [0.5, 0.6) is 0 Å². The molecule has 1 fully saturated rings. The Labute approximate surface area is 162 Å². The van der Waals surface area contributed by atoms with E-state index in [-0.39, 0.29) is 11.9 Å². The highest BCUT2D eigenvalue weighted by Gasteiger charge is 2.23. The van der Waals surface area contributed by atoms with E-state index in [1.165, 1.54) is 19.3 Å². The van der Waals surface area contributed by atoms with Crippen LogP contribution in [0.4, 0.5) is 5.82 Å². The van der Waals surface area contributed by atoms with E-state index in [9.17, 15) is 4.79 Å². The molecule has 2 aromatic heterocycles. The first-order chi connectivity index (χ1) is 13.1. The molecule has 6 nitrogen and oxygen atoms in total. The Morgan fingerprint density at radius 1 is 1.15 bits per heavy atom. The molecule has 3 heterocycles. The lowest BCUT2D eigenvalue weighted by molar-refractivity contribution is -0.121. The number of fused-ring (bicyclic) bond motifs is 1. The third-order valence-corrected chi connectivity index (χ3v) is 5.95. The number of hydrogen-bond donors (Lipinski definition) is 1. The number of carbonyl (C=O) groups is 1. The van der Waals surface area contributed by atoms with E-state index in [2.05, 4.69) is 31.5 Å². The maximum absolute atomic E-state index is 12.6. The molecule has 1 aliphatic rings. The summed E-state index contributed by atoms with van der Waals surface area (Å²) in [6.45, 7) is 5.90. The van der Waals surface area contributed by atoms with E-state index < -0.39 is 0 Å². The van der Waals surface area contributed by atoms with E-state index in [1.54, 1.807) is 17.5 Å². The van der Waals surface area contributed by atoms with E-state index in [0.717, 1.165) is 39.4 Å². The van der Waals surface area contributed by atoms with Crippen molar-refractivity contribution in [3.05, 3.63) is 35.5 Å². The number of nitrogens with zero attached hydrogens (tertiary/aromatic N) is 4. The number of rotatable bonds is 4. The van der Waals surface area contributed by atoms with Crippen molar-refractivity contribution in [3.8, 4) is 10.6 Å². The molecule has 0 saturated carbocycles. The second-order valence-electron chi connectivity index (χ2n) is 7.02. The SMILES string of the molecule is Cc1nnc(-c2ccc3cnc(NC(=O)C(C)N4CCCCC4)cc3c2)s1. The van der Waals surface area contributed by atoms with Crippen LogP contribution >= 0.6 is 11.3 Å². The number of pyridine rings is 1. The second kappa shape index (κ2) is 7.70. The van der Waals surface area contributed by atoms with E-state index >= 15 is 0 Å². The summed E-state index contributed by atoms with van der Waals surface area (Å²) in [5, 5.41) is 15.2. The molecule has 1 saturated heterocycles. The van der Waals surface area contributed by atoms with Crippen LogP contribution in [0.25, 0.3) is 21.3 Å². The predicted molar refractivity (Wildman–Crippen MR) is 109 cm³/mol. The maximum Gasteiger partial charge on any atom is 0.242 e. The predicted octanol–water partition coefficient (Wildman–Crippen LogP) is 3.87. The number of aromatic nitrogens is 3. The minimum Gasteiger partial charge on any atom is -0.309 e. The van der Waals surface area contributed by atoms with Gasteiger partial charge < -0.3 is 5.32 Å². The summed E-state index contributed by atoms with van der Waals surface area (Å²) in [7, 11) is 0. The van der Waals surface area contributed by atoms with Crippen LogP contribution in [0.1, 0.15) is 31.2 Å². The zero-order valence-corrected chi connectivity index (χ0v) is 16.4. The van der Waals surface area contributed by atoms with Crippen LogP contribution in [0.2, 0.25) is 0 Å². The molecular weight excluding hydrogens is 358 g/mol. The van der Waals surface area contributed by atoms with Crippen LogP contribution in [0, 0.1) is 6.92 Å². The molecule has 27 heavy (non-hydrogen) atoms. The van der Waals surface area contributed by atoms with E-state index in [0.29, 0.717) is 5.82 Å². The van der Waals surface area contributed by atoms with Crippen LogP contribution in [0.3, 0.4) is 0 Å². The van der Waals surface area contributed by atoms with Gasteiger partial charge >= 0.3 is 0 Å². The first kappa shape index (κ1) is 18.0. The first-order valence-electron chi connectivity index (χ1n) is 9.35. The van der Waals surface area contributed by atoms with Crippen LogP contribution in [-0.2, 0) is 4.79 Å². The van der Waals surface area contributed by atoms with Gasteiger partial charge in [0, 0.05) is 17.1 Å². The molecule has 0 aliphatic carbocycles. The molecule has 3 aromatic rings. The monoisotopic (exact) mass is 381 g/mol. The fourth-order valence-corrected chi connectivity index (χ4v) is 4.15. The Hall–Kier alpha value is -2.38. The molecule has 1 unspecified atom stereocenters. The van der Waals surface area contributed by atoms with Gasteiger partial charge in [0.15, 0.2) is 0 Å². The van der Waals surface area contributed by atoms with Gasteiger partial charge in [0.05, 0.1) is 6.04 Å². The fourth-order valence-electron chi connectivity index (χ4n) is 3.46. The highest BCUT2D eigenvalue weighted by atomic mass is 32.1. The maximum atomic E-state index is 12.6. The highest BCUT2D eigenvalue weighted by molar-refractivity contribution is 7.14. The lowest BCUT2D eigenvalue weighted by Gasteiger charge is -2.31. The Bertz CT molecular complexity index is 964. The average molecular weight is 382 g/mol. The standard InChI is InChI=1S/C20H23N5OS/c1-13(25-8-4-3-5-9-25)19(26)22-18-11-17-10-15(6-7-16(17)12-21-18)20-24-23-14(2)27-20/h6-7,10-13H,3-5,8-9H2,1-2H3,(H,21,22,26). The molecule has 1 aromatic carbocycles. The average Bonchev–Trinajstić information content (AvgIpc) is 3.14. The molecule has 0 radical (unpaired) electrons. The number of carbonyl (C=O) groups excluding carboxylic acids is 1. The summed E-state index contributed by atoms with van der Waals surface area (Å²) in [5.74, 6) is 0.585. The van der Waals surface area contributed by atoms with Crippen molar-refractivity contribution in [1.82, 2.24) is 20.1 Å². The molecule has 0 bridgehead atoms. The van der Waals surface area contributed by atoms with Crippen LogP contribution in [-0.4, -0.2) is 45.1 Å². The smallest absolute Gasteiger partial charge is 0.242 e. The summed E-state index contributed by atoms with van der Waals surface area (Å²) >= 11 is 1.57. The number of hydrogen-bond acceptors (Lipinski definition) is 6. The fraction of sp³-hybridized carbons (Fsp3) is 0.400. The minimum absolute atomic E-state index is 0.000321. The Morgan fingerprint density at radius 3 is 2.70 bits per heavy atom. The number of piperidine rings is 1. The summed E-state index contributed by atoms with van der Waals surface area (Å²) < 4.78 is 0. The van der Waals surface area contributed by atoms with Crippen molar-refractivity contribution >= 4 is 33.8 Å². The van der Waals surface area contributed by atoms with Crippen molar-refractivity contribution in [3.63, 3.8) is 0 Å². The zero-order valence-electron chi connectivity index (χ0n) is 15.6. The normalized spacial score (nSPS) is 16.4. The Kier molecular flexibility index (Phi) is 5.13. The van der Waals surface area contributed by atoms with Gasteiger partial charge in [0.25, 0.3) is 0 Å². The summed E-state index contributed by atoms with van der Waals surface area (Å²) in [6, 6.07) is 7.91. The van der Waals surface area contributed by atoms with Crippen molar-refractivity contribution in [1.29, 1.82) is 0 Å². The number of aryl methyl sites for hydroxylation is 1. The zero-order chi connectivity index (χ0) is 18.8. The molecule has 140 valence electrons. The summed E-state index contributed by atoms with van der Waals surface area (Å²) in [5.41, 5.74) is 1.03. The number of anilines is 1. The molecule has 1 aliphatic heterocycles. The third kappa shape index (κ3) is 3.99. The Balaban J connectivity index is 1.54. The van der Waals surface area contributed by atoms with Gasteiger partial charge in [-0.3, -0.25) is 9.69 Å². The molecule has 1 N–H and O–H groups in total. The largest absolute Gasteiger partial charge is 0.309 e. The summed E-state index contributed by atoms with van der Waals surface area (Å²) in [4.78, 5) is 19.3. The van der Waals surface area contributed by atoms with Crippen molar-refractivity contribution in [2.24, 2.45) is 0 Å². The lowest BCUT2D eigenvalue weighted by Crippen LogP contribution is -2.44. The lowest BCUT2D eigenvalue weighted by atomic mass is 10.1. The van der Waals surface area contributed by atoms with Crippen molar-refractivity contribution in [2.45, 2.75) is 39.2 Å². The van der Waals surface area contributed by atoms with E-state index in [4.69, 9.17) is 0 Å². The molecule has 0 spiro atoms. The molecule has 4 rings (SSSR count). The van der Waals surface area contributed by atoms with Gasteiger partial charge in [-0.1, -0.05) is 29.9 Å². The van der Waals surface area contributed by atoms with Crippen LogP contribution in [0.15, 0.2) is 30.5 Å². The van der Waals surface area contributed by atoms with Gasteiger partial charge in [-0.05, 0) is 57.3 Å². The third-order valence-electron chi connectivity index (χ3n) is 5.06. The molecule has 1 amide bonds. The van der Waals surface area contributed by atoms with Gasteiger partial charge in [0.1, 0.15) is 15.8 Å². The van der Waals surface area contributed by atoms with E-state index in [1.807, 2.05) is 32.0 Å². The summed E-state index contributed by atoms with van der Waals surface area (Å²) in [6.07, 6.45) is 5.39. The van der Waals surface area contributed by atoms with Gasteiger partial charge in [0.2, 0.25) is 5.91 Å². The van der Waals surface area contributed by atoms with Crippen molar-refractivity contribution < 1.29 is 4.79 Å². The topological polar surface area (TPSA) is 71.0 Å². The number of likely N-dealkylation sites (tertiary alicyclic amines) is 1. The van der Waals surface area contributed by atoms with Gasteiger partial charge in [-0.15, -0.1) is 10.2 Å². The van der Waals surface area contributed by atoms with Crippen LogP contribution < -0.4 is 5.32 Å². The number of benzene rings is 1. The number of nitrogens with one attached hydrogen (secondary N) is 1. The number of amides is 1. The van der Waals surface area contributed by atoms with Crippen molar-refractivity contribution in [2.75, 3.05) is 18.4 Å². The second-order valence-corrected chi connectivity index (χ2v) is 8.20. The first-order valence-corrected chi connectivity index (χ1v) is 10.2. The highest BCUT2D eigenvalue weighted by Crippen LogP contribution is 2.27. The van der Waals surface area contributed by atoms with Gasteiger partial charge in [-0.2, -0.15) is 0 Å².